The van der Waals surface area contributed by atoms with Gasteiger partial charge in [0.1, 0.15) is 17.1 Å². The third kappa shape index (κ3) is 8.23. The van der Waals surface area contributed by atoms with Gasteiger partial charge in [0.25, 0.3) is 0 Å². The highest BCUT2D eigenvalue weighted by Crippen LogP contribution is 2.24. The highest BCUT2D eigenvalue weighted by atomic mass is 16.5. The van der Waals surface area contributed by atoms with Crippen LogP contribution < -0.4 is 4.74 Å². The van der Waals surface area contributed by atoms with E-state index in [4.69, 9.17) is 4.74 Å². The lowest BCUT2D eigenvalue weighted by Crippen LogP contribution is -2.03. The Bertz CT molecular complexity index is 471. The lowest BCUT2D eigenvalue weighted by atomic mass is 10.1. The van der Waals surface area contributed by atoms with Crippen LogP contribution in [0.2, 0.25) is 0 Å². The van der Waals surface area contributed by atoms with Crippen LogP contribution in [0.4, 0.5) is 0 Å². The van der Waals surface area contributed by atoms with Crippen LogP contribution in [-0.4, -0.2) is 24.8 Å². The molecule has 0 aliphatic carbocycles. The standard InChI is InChI=1S/C20H32O4/c1-3-4-5-6-7-8-9-10-11-12-15-24-17-13-14-19(21)18(16-17)20(22)23-2/h13-14,16,21H,3-12,15H2,1-2H3. The third-order valence-electron chi connectivity index (χ3n) is 4.14. The van der Waals surface area contributed by atoms with Crippen LogP contribution in [0.15, 0.2) is 18.2 Å². The number of hydrogen-bond donors (Lipinski definition) is 1. The molecule has 0 heterocycles. The molecule has 0 aliphatic heterocycles. The van der Waals surface area contributed by atoms with Crippen molar-refractivity contribution >= 4 is 5.97 Å². The molecule has 1 rings (SSSR count). The number of carbonyl (C=O) groups is 1. The minimum Gasteiger partial charge on any atom is -0.507 e. The van der Waals surface area contributed by atoms with E-state index in [1.165, 1.54) is 70.6 Å². The van der Waals surface area contributed by atoms with Gasteiger partial charge in [-0.2, -0.15) is 0 Å². The molecule has 4 heteroatoms. The van der Waals surface area contributed by atoms with Gasteiger partial charge in [-0.1, -0.05) is 64.7 Å². The zero-order chi connectivity index (χ0) is 17.6. The van der Waals surface area contributed by atoms with Crippen molar-refractivity contribution in [3.05, 3.63) is 23.8 Å². The minimum atomic E-state index is -0.558. The van der Waals surface area contributed by atoms with Gasteiger partial charge in [0.05, 0.1) is 13.7 Å². The molecule has 0 saturated heterocycles. The SMILES string of the molecule is CCCCCCCCCCCCOc1ccc(O)c(C(=O)OC)c1. The van der Waals surface area contributed by atoms with Gasteiger partial charge >= 0.3 is 5.97 Å². The van der Waals surface area contributed by atoms with E-state index in [9.17, 15) is 9.90 Å². The lowest BCUT2D eigenvalue weighted by molar-refractivity contribution is 0.0597. The molecule has 4 nitrogen and oxygen atoms in total. The number of aromatic hydroxyl groups is 1. The number of ether oxygens (including phenoxy) is 2. The first-order valence-electron chi connectivity index (χ1n) is 9.23. The number of carbonyl (C=O) groups excluding carboxylic acids is 1. The van der Waals surface area contributed by atoms with Crippen LogP contribution in [-0.2, 0) is 4.74 Å². The Labute approximate surface area is 146 Å². The average Bonchev–Trinajstić information content (AvgIpc) is 2.60. The summed E-state index contributed by atoms with van der Waals surface area (Å²) in [5, 5.41) is 9.64. The van der Waals surface area contributed by atoms with E-state index < -0.39 is 5.97 Å². The van der Waals surface area contributed by atoms with Crippen LogP contribution in [0, 0.1) is 0 Å². The smallest absolute Gasteiger partial charge is 0.341 e. The monoisotopic (exact) mass is 336 g/mol. The van der Waals surface area contributed by atoms with Crippen LogP contribution in [0.3, 0.4) is 0 Å². The fraction of sp³-hybridized carbons (Fsp3) is 0.650. The first-order chi connectivity index (χ1) is 11.7. The predicted molar refractivity (Wildman–Crippen MR) is 96.8 cm³/mol. The summed E-state index contributed by atoms with van der Waals surface area (Å²) < 4.78 is 10.3. The first kappa shape index (κ1) is 20.3. The quantitative estimate of drug-likeness (QED) is 0.383. The third-order valence-corrected chi connectivity index (χ3v) is 4.14. The van der Waals surface area contributed by atoms with Gasteiger partial charge in [-0.25, -0.2) is 4.79 Å². The fourth-order valence-electron chi connectivity index (χ4n) is 2.66. The molecule has 24 heavy (non-hydrogen) atoms. The highest BCUT2D eigenvalue weighted by molar-refractivity contribution is 5.92. The summed E-state index contributed by atoms with van der Waals surface area (Å²) in [5.74, 6) is -0.0610. The Hall–Kier alpha value is -1.71. The van der Waals surface area contributed by atoms with Crippen molar-refractivity contribution in [2.75, 3.05) is 13.7 Å². The molecule has 0 saturated carbocycles. The number of benzene rings is 1. The Balaban J connectivity index is 2.10. The van der Waals surface area contributed by atoms with Crippen molar-refractivity contribution in [1.29, 1.82) is 0 Å². The molecular formula is C20H32O4. The van der Waals surface area contributed by atoms with Crippen LogP contribution >= 0.6 is 0 Å². The number of esters is 1. The van der Waals surface area contributed by atoms with Gasteiger partial charge in [-0.15, -0.1) is 0 Å². The Morgan fingerprint density at radius 2 is 1.54 bits per heavy atom. The molecule has 0 aromatic heterocycles. The molecule has 0 radical (unpaired) electrons. The second-order valence-electron chi connectivity index (χ2n) is 6.20. The van der Waals surface area contributed by atoms with E-state index in [1.54, 1.807) is 6.07 Å². The van der Waals surface area contributed by atoms with E-state index in [2.05, 4.69) is 11.7 Å². The zero-order valence-electron chi connectivity index (χ0n) is 15.2. The molecule has 0 aliphatic rings. The summed E-state index contributed by atoms with van der Waals surface area (Å²) >= 11 is 0. The van der Waals surface area contributed by atoms with Gasteiger partial charge in [0.2, 0.25) is 0 Å². The van der Waals surface area contributed by atoms with Crippen molar-refractivity contribution in [2.45, 2.75) is 71.1 Å². The topological polar surface area (TPSA) is 55.8 Å². The Morgan fingerprint density at radius 1 is 0.958 bits per heavy atom. The number of phenols is 1. The summed E-state index contributed by atoms with van der Waals surface area (Å²) in [6, 6.07) is 4.65. The van der Waals surface area contributed by atoms with Crippen LogP contribution in [0.25, 0.3) is 0 Å². The van der Waals surface area contributed by atoms with Crippen molar-refractivity contribution in [2.24, 2.45) is 0 Å². The van der Waals surface area contributed by atoms with Gasteiger partial charge < -0.3 is 14.6 Å². The average molecular weight is 336 g/mol. The van der Waals surface area contributed by atoms with Gasteiger partial charge in [-0.05, 0) is 24.6 Å². The molecular weight excluding hydrogens is 304 g/mol. The maximum atomic E-state index is 11.5. The first-order valence-corrected chi connectivity index (χ1v) is 9.23. The summed E-state index contributed by atoms with van der Waals surface area (Å²) in [4.78, 5) is 11.5. The summed E-state index contributed by atoms with van der Waals surface area (Å²) in [7, 11) is 1.29. The Kier molecular flexibility index (Phi) is 10.7. The fourth-order valence-corrected chi connectivity index (χ4v) is 2.66. The second-order valence-corrected chi connectivity index (χ2v) is 6.20. The van der Waals surface area contributed by atoms with E-state index >= 15 is 0 Å². The molecule has 0 amide bonds. The van der Waals surface area contributed by atoms with E-state index in [0.717, 1.165) is 12.8 Å². The van der Waals surface area contributed by atoms with Gasteiger partial charge in [0.15, 0.2) is 0 Å². The molecule has 136 valence electrons. The van der Waals surface area contributed by atoms with Gasteiger partial charge in [0, 0.05) is 0 Å². The number of phenolic OH excluding ortho intramolecular Hbond substituents is 1. The Morgan fingerprint density at radius 3 is 2.12 bits per heavy atom. The number of hydrogen-bond acceptors (Lipinski definition) is 4. The molecule has 1 aromatic rings. The summed E-state index contributed by atoms with van der Waals surface area (Å²) in [6.07, 6.45) is 12.9. The van der Waals surface area contributed by atoms with Crippen molar-refractivity contribution in [3.8, 4) is 11.5 Å². The zero-order valence-corrected chi connectivity index (χ0v) is 15.2. The number of unbranched alkanes of at least 4 members (excludes halogenated alkanes) is 9. The molecule has 1 N–H and O–H groups in total. The number of rotatable bonds is 13. The highest BCUT2D eigenvalue weighted by Gasteiger charge is 2.12. The molecule has 0 unspecified atom stereocenters. The van der Waals surface area contributed by atoms with Crippen LogP contribution in [0.5, 0.6) is 11.5 Å². The summed E-state index contributed by atoms with van der Waals surface area (Å²) in [5.41, 5.74) is 0.137. The van der Waals surface area contributed by atoms with Gasteiger partial charge in [-0.3, -0.25) is 0 Å². The van der Waals surface area contributed by atoms with E-state index in [1.807, 2.05) is 0 Å². The van der Waals surface area contributed by atoms with E-state index in [-0.39, 0.29) is 11.3 Å². The molecule has 0 fully saturated rings. The molecule has 1 aromatic carbocycles. The molecule has 0 atom stereocenters. The van der Waals surface area contributed by atoms with E-state index in [0.29, 0.717) is 12.4 Å². The molecule has 0 bridgehead atoms. The molecule has 0 spiro atoms. The van der Waals surface area contributed by atoms with Crippen molar-refractivity contribution in [3.63, 3.8) is 0 Å². The summed E-state index contributed by atoms with van der Waals surface area (Å²) in [6.45, 7) is 2.87. The number of methoxy groups -OCH3 is 1. The lowest BCUT2D eigenvalue weighted by Gasteiger charge is -2.09. The maximum absolute atomic E-state index is 11.5. The maximum Gasteiger partial charge on any atom is 0.341 e. The predicted octanol–water partition coefficient (Wildman–Crippen LogP) is 5.48. The minimum absolute atomic E-state index is 0.0897. The van der Waals surface area contributed by atoms with Crippen LogP contribution in [0.1, 0.15) is 81.5 Å². The van der Waals surface area contributed by atoms with Crippen molar-refractivity contribution in [1.82, 2.24) is 0 Å². The largest absolute Gasteiger partial charge is 0.507 e. The van der Waals surface area contributed by atoms with Crippen molar-refractivity contribution < 1.29 is 19.4 Å². The second kappa shape index (κ2) is 12.7. The normalized spacial score (nSPS) is 10.6.